The SMILES string of the molecule is Cc1ccccc1CNc1cc(F)cc(F)c1. The van der Waals surface area contributed by atoms with Crippen molar-refractivity contribution in [2.24, 2.45) is 0 Å². The van der Waals surface area contributed by atoms with Crippen molar-refractivity contribution < 1.29 is 8.78 Å². The van der Waals surface area contributed by atoms with Crippen molar-refractivity contribution in [1.82, 2.24) is 0 Å². The molecule has 17 heavy (non-hydrogen) atoms. The largest absolute Gasteiger partial charge is 0.381 e. The smallest absolute Gasteiger partial charge is 0.128 e. The third-order valence-corrected chi connectivity index (χ3v) is 2.61. The third-order valence-electron chi connectivity index (χ3n) is 2.61. The molecule has 1 N–H and O–H groups in total. The van der Waals surface area contributed by atoms with Gasteiger partial charge >= 0.3 is 0 Å². The Labute approximate surface area is 99.1 Å². The molecule has 2 aromatic carbocycles. The fourth-order valence-electron chi connectivity index (χ4n) is 1.66. The van der Waals surface area contributed by atoms with Crippen molar-refractivity contribution in [2.75, 3.05) is 5.32 Å². The molecule has 2 aromatic rings. The van der Waals surface area contributed by atoms with E-state index in [1.165, 1.54) is 12.1 Å². The molecule has 0 spiro atoms. The number of aryl methyl sites for hydroxylation is 1. The van der Waals surface area contributed by atoms with Gasteiger partial charge < -0.3 is 5.32 Å². The summed E-state index contributed by atoms with van der Waals surface area (Å²) >= 11 is 0. The lowest BCUT2D eigenvalue weighted by Crippen LogP contribution is -2.01. The minimum absolute atomic E-state index is 0.450. The number of anilines is 1. The summed E-state index contributed by atoms with van der Waals surface area (Å²) in [5, 5.41) is 3.00. The Balaban J connectivity index is 2.10. The molecule has 0 saturated carbocycles. The summed E-state index contributed by atoms with van der Waals surface area (Å²) in [6, 6.07) is 11.3. The molecule has 0 amide bonds. The normalized spacial score (nSPS) is 10.3. The molecule has 1 nitrogen and oxygen atoms in total. The third kappa shape index (κ3) is 3.03. The summed E-state index contributed by atoms with van der Waals surface area (Å²) in [7, 11) is 0. The lowest BCUT2D eigenvalue weighted by molar-refractivity contribution is 0.584. The van der Waals surface area contributed by atoms with E-state index in [4.69, 9.17) is 0 Å². The molecule has 0 saturated heterocycles. The Morgan fingerprint density at radius 3 is 2.29 bits per heavy atom. The molecule has 0 heterocycles. The van der Waals surface area contributed by atoms with E-state index in [1.54, 1.807) is 0 Å². The minimum atomic E-state index is -0.572. The van der Waals surface area contributed by atoms with Crippen molar-refractivity contribution >= 4 is 5.69 Å². The van der Waals surface area contributed by atoms with Crippen LogP contribution in [-0.2, 0) is 6.54 Å². The topological polar surface area (TPSA) is 12.0 Å². The Morgan fingerprint density at radius 2 is 1.65 bits per heavy atom. The standard InChI is InChI=1S/C14H13F2N/c1-10-4-2-3-5-11(10)9-17-14-7-12(15)6-13(16)8-14/h2-8,17H,9H2,1H3. The van der Waals surface area contributed by atoms with E-state index in [-0.39, 0.29) is 0 Å². The second kappa shape index (κ2) is 4.95. The average Bonchev–Trinajstić information content (AvgIpc) is 2.27. The van der Waals surface area contributed by atoms with Crippen LogP contribution in [0.15, 0.2) is 42.5 Å². The van der Waals surface area contributed by atoms with Gasteiger partial charge in [0.15, 0.2) is 0 Å². The molecule has 3 heteroatoms. The zero-order chi connectivity index (χ0) is 12.3. The van der Waals surface area contributed by atoms with Crippen LogP contribution in [0.3, 0.4) is 0 Å². The van der Waals surface area contributed by atoms with Crippen LogP contribution in [0.2, 0.25) is 0 Å². The van der Waals surface area contributed by atoms with Crippen molar-refractivity contribution in [3.05, 3.63) is 65.2 Å². The van der Waals surface area contributed by atoms with E-state index in [0.717, 1.165) is 17.2 Å². The van der Waals surface area contributed by atoms with Crippen LogP contribution >= 0.6 is 0 Å². The van der Waals surface area contributed by atoms with Crippen molar-refractivity contribution in [2.45, 2.75) is 13.5 Å². The molecule has 0 fully saturated rings. The fraction of sp³-hybridized carbons (Fsp3) is 0.143. The van der Waals surface area contributed by atoms with E-state index in [9.17, 15) is 8.78 Å². The molecule has 88 valence electrons. The summed E-state index contributed by atoms with van der Waals surface area (Å²) in [5.41, 5.74) is 2.71. The van der Waals surface area contributed by atoms with Gasteiger partial charge in [-0.05, 0) is 30.2 Å². The highest BCUT2D eigenvalue weighted by Crippen LogP contribution is 2.15. The van der Waals surface area contributed by atoms with Crippen LogP contribution in [-0.4, -0.2) is 0 Å². The number of rotatable bonds is 3. The molecule has 0 aliphatic heterocycles. The number of halogens is 2. The quantitative estimate of drug-likeness (QED) is 0.848. The summed E-state index contributed by atoms with van der Waals surface area (Å²) in [5.74, 6) is -1.14. The fourth-order valence-corrected chi connectivity index (χ4v) is 1.66. The summed E-state index contributed by atoms with van der Waals surface area (Å²) in [4.78, 5) is 0. The van der Waals surface area contributed by atoms with Crippen molar-refractivity contribution in [3.8, 4) is 0 Å². The van der Waals surface area contributed by atoms with Crippen molar-refractivity contribution in [1.29, 1.82) is 0 Å². The molecule has 0 aromatic heterocycles. The lowest BCUT2D eigenvalue weighted by Gasteiger charge is -2.09. The first-order chi connectivity index (χ1) is 8.15. The van der Waals surface area contributed by atoms with E-state index in [2.05, 4.69) is 5.32 Å². The highest BCUT2D eigenvalue weighted by atomic mass is 19.1. The van der Waals surface area contributed by atoms with Gasteiger partial charge in [0.2, 0.25) is 0 Å². The average molecular weight is 233 g/mol. The van der Waals surface area contributed by atoms with Gasteiger partial charge in [0.05, 0.1) is 0 Å². The maximum absolute atomic E-state index is 13.0. The van der Waals surface area contributed by atoms with Crippen LogP contribution in [0.4, 0.5) is 14.5 Å². The zero-order valence-electron chi connectivity index (χ0n) is 9.50. The van der Waals surface area contributed by atoms with Gasteiger partial charge in [-0.3, -0.25) is 0 Å². The molecule has 0 aliphatic carbocycles. The monoisotopic (exact) mass is 233 g/mol. The Hall–Kier alpha value is -1.90. The first-order valence-electron chi connectivity index (χ1n) is 5.39. The molecular formula is C14H13F2N. The van der Waals surface area contributed by atoms with Crippen LogP contribution in [0.25, 0.3) is 0 Å². The maximum atomic E-state index is 13.0. The van der Waals surface area contributed by atoms with E-state index < -0.39 is 11.6 Å². The van der Waals surface area contributed by atoms with Crippen LogP contribution in [0.5, 0.6) is 0 Å². The first kappa shape index (κ1) is 11.6. The highest BCUT2D eigenvalue weighted by Gasteiger charge is 2.01. The van der Waals surface area contributed by atoms with E-state index in [0.29, 0.717) is 12.2 Å². The van der Waals surface area contributed by atoms with Crippen LogP contribution in [0, 0.1) is 18.6 Å². The van der Waals surface area contributed by atoms with Crippen molar-refractivity contribution in [3.63, 3.8) is 0 Å². The number of hydrogen-bond donors (Lipinski definition) is 1. The van der Waals surface area contributed by atoms with E-state index in [1.807, 2.05) is 31.2 Å². The van der Waals surface area contributed by atoms with Gasteiger partial charge in [-0.25, -0.2) is 8.78 Å². The second-order valence-corrected chi connectivity index (χ2v) is 3.94. The predicted molar refractivity (Wildman–Crippen MR) is 64.9 cm³/mol. The molecule has 0 bridgehead atoms. The Kier molecular flexibility index (Phi) is 3.38. The van der Waals surface area contributed by atoms with Gasteiger partial charge in [-0.15, -0.1) is 0 Å². The molecule has 0 unspecified atom stereocenters. The van der Waals surface area contributed by atoms with E-state index >= 15 is 0 Å². The van der Waals surface area contributed by atoms with Gasteiger partial charge in [-0.1, -0.05) is 24.3 Å². The van der Waals surface area contributed by atoms with Gasteiger partial charge in [0, 0.05) is 18.3 Å². The number of nitrogens with one attached hydrogen (secondary N) is 1. The zero-order valence-corrected chi connectivity index (χ0v) is 9.50. The van der Waals surface area contributed by atoms with Gasteiger partial charge in [0.1, 0.15) is 11.6 Å². The maximum Gasteiger partial charge on any atom is 0.128 e. The molecule has 0 atom stereocenters. The molecule has 0 aliphatic rings. The summed E-state index contributed by atoms with van der Waals surface area (Å²) in [6.45, 7) is 2.55. The molecule has 2 rings (SSSR count). The Bertz CT molecular complexity index is 503. The molecule has 0 radical (unpaired) electrons. The first-order valence-corrected chi connectivity index (χ1v) is 5.39. The lowest BCUT2D eigenvalue weighted by atomic mass is 10.1. The van der Waals surface area contributed by atoms with Crippen LogP contribution < -0.4 is 5.32 Å². The van der Waals surface area contributed by atoms with Gasteiger partial charge in [0.25, 0.3) is 0 Å². The predicted octanol–water partition coefficient (Wildman–Crippen LogP) is 3.89. The number of hydrogen-bond acceptors (Lipinski definition) is 1. The highest BCUT2D eigenvalue weighted by molar-refractivity contribution is 5.44. The molecular weight excluding hydrogens is 220 g/mol. The second-order valence-electron chi connectivity index (χ2n) is 3.94. The minimum Gasteiger partial charge on any atom is -0.381 e. The van der Waals surface area contributed by atoms with Gasteiger partial charge in [-0.2, -0.15) is 0 Å². The number of benzene rings is 2. The summed E-state index contributed by atoms with van der Waals surface area (Å²) in [6.07, 6.45) is 0. The Morgan fingerprint density at radius 1 is 1.00 bits per heavy atom. The summed E-state index contributed by atoms with van der Waals surface area (Å²) < 4.78 is 25.9. The van der Waals surface area contributed by atoms with Crippen LogP contribution in [0.1, 0.15) is 11.1 Å².